The molecule has 122 valence electrons. The standard InChI is InChI=1S/C16H17F2N3O2/c1-2-21-14-5-6-23-9-12(14)15(20-21)16(22)19-8-10-3-4-11(17)7-13(10)18/h3-4,7H,2,5-6,8-9H2,1H3,(H,19,22). The second kappa shape index (κ2) is 6.45. The number of nitrogens with one attached hydrogen (secondary N) is 1. The van der Waals surface area contributed by atoms with E-state index in [0.717, 1.165) is 29.8 Å². The summed E-state index contributed by atoms with van der Waals surface area (Å²) in [6, 6.07) is 3.27. The van der Waals surface area contributed by atoms with Crippen LogP contribution in [0.15, 0.2) is 18.2 Å². The number of ether oxygens (including phenoxy) is 1. The Morgan fingerprint density at radius 2 is 2.26 bits per heavy atom. The van der Waals surface area contributed by atoms with Gasteiger partial charge in [-0.15, -0.1) is 0 Å². The summed E-state index contributed by atoms with van der Waals surface area (Å²) < 4.78 is 33.7. The number of benzene rings is 1. The van der Waals surface area contributed by atoms with Gasteiger partial charge in [0.15, 0.2) is 5.69 Å². The zero-order valence-corrected chi connectivity index (χ0v) is 12.7. The van der Waals surface area contributed by atoms with Crippen LogP contribution in [-0.2, 0) is 30.9 Å². The first-order chi connectivity index (χ1) is 11.1. The van der Waals surface area contributed by atoms with E-state index in [1.54, 1.807) is 4.68 Å². The molecule has 0 unspecified atom stereocenters. The fourth-order valence-corrected chi connectivity index (χ4v) is 2.68. The van der Waals surface area contributed by atoms with Crippen LogP contribution in [0.3, 0.4) is 0 Å². The van der Waals surface area contributed by atoms with Crippen molar-refractivity contribution in [3.05, 3.63) is 52.3 Å². The SMILES string of the molecule is CCn1nc(C(=O)NCc2ccc(F)cc2F)c2c1CCOC2. The van der Waals surface area contributed by atoms with Gasteiger partial charge in [0.2, 0.25) is 0 Å². The van der Waals surface area contributed by atoms with Gasteiger partial charge in [0.05, 0.1) is 13.2 Å². The Balaban J connectivity index is 1.77. The minimum absolute atomic E-state index is 0.0282. The Morgan fingerprint density at radius 3 is 3.00 bits per heavy atom. The molecule has 1 aromatic carbocycles. The molecule has 0 spiro atoms. The van der Waals surface area contributed by atoms with Crippen molar-refractivity contribution in [2.45, 2.75) is 33.0 Å². The van der Waals surface area contributed by atoms with Crippen molar-refractivity contribution < 1.29 is 18.3 Å². The molecule has 0 fully saturated rings. The smallest absolute Gasteiger partial charge is 0.272 e. The van der Waals surface area contributed by atoms with E-state index in [9.17, 15) is 13.6 Å². The van der Waals surface area contributed by atoms with Crippen molar-refractivity contribution in [3.63, 3.8) is 0 Å². The molecule has 0 saturated heterocycles. The lowest BCUT2D eigenvalue weighted by atomic mass is 10.1. The molecule has 1 aromatic heterocycles. The van der Waals surface area contributed by atoms with Gasteiger partial charge in [0.1, 0.15) is 11.6 Å². The van der Waals surface area contributed by atoms with E-state index in [-0.39, 0.29) is 18.0 Å². The maximum Gasteiger partial charge on any atom is 0.272 e. The number of nitrogens with zero attached hydrogens (tertiary/aromatic N) is 2. The number of hydrogen-bond donors (Lipinski definition) is 1. The maximum absolute atomic E-state index is 13.6. The molecule has 7 heteroatoms. The van der Waals surface area contributed by atoms with Crippen LogP contribution in [0.2, 0.25) is 0 Å². The number of halogens is 2. The second-order valence-corrected chi connectivity index (χ2v) is 5.31. The Morgan fingerprint density at radius 1 is 1.43 bits per heavy atom. The third-order valence-electron chi connectivity index (χ3n) is 3.87. The molecule has 2 aromatic rings. The van der Waals surface area contributed by atoms with Crippen LogP contribution in [0.5, 0.6) is 0 Å². The Bertz CT molecular complexity index is 743. The highest BCUT2D eigenvalue weighted by Crippen LogP contribution is 2.21. The molecule has 1 aliphatic rings. The van der Waals surface area contributed by atoms with E-state index in [1.165, 1.54) is 6.07 Å². The number of aryl methyl sites for hydroxylation is 1. The normalized spacial score (nSPS) is 13.7. The summed E-state index contributed by atoms with van der Waals surface area (Å²) in [6.07, 6.45) is 0.718. The lowest BCUT2D eigenvalue weighted by molar-refractivity contribution is 0.0922. The third-order valence-corrected chi connectivity index (χ3v) is 3.87. The van der Waals surface area contributed by atoms with Crippen LogP contribution < -0.4 is 5.32 Å². The molecule has 5 nitrogen and oxygen atoms in total. The van der Waals surface area contributed by atoms with Crippen molar-refractivity contribution in [1.29, 1.82) is 0 Å². The van der Waals surface area contributed by atoms with E-state index in [1.807, 2.05) is 6.92 Å². The molecule has 1 amide bonds. The van der Waals surface area contributed by atoms with Crippen molar-refractivity contribution in [2.24, 2.45) is 0 Å². The van der Waals surface area contributed by atoms with Crippen LogP contribution >= 0.6 is 0 Å². The topological polar surface area (TPSA) is 56.2 Å². The Hall–Kier alpha value is -2.28. The number of hydrogen-bond acceptors (Lipinski definition) is 3. The highest BCUT2D eigenvalue weighted by molar-refractivity contribution is 5.94. The Kier molecular flexibility index (Phi) is 4.38. The van der Waals surface area contributed by atoms with E-state index >= 15 is 0 Å². The number of fused-ring (bicyclic) bond motifs is 1. The summed E-state index contributed by atoms with van der Waals surface area (Å²) in [5, 5.41) is 6.96. The van der Waals surface area contributed by atoms with Crippen molar-refractivity contribution >= 4 is 5.91 Å². The molecule has 3 rings (SSSR count). The lowest BCUT2D eigenvalue weighted by Gasteiger charge is -2.14. The quantitative estimate of drug-likeness (QED) is 0.939. The first kappa shape index (κ1) is 15.6. The zero-order chi connectivity index (χ0) is 16.4. The molecular formula is C16H17F2N3O2. The van der Waals surface area contributed by atoms with Crippen LogP contribution in [0, 0.1) is 11.6 Å². The average Bonchev–Trinajstić information content (AvgIpc) is 2.93. The van der Waals surface area contributed by atoms with Gasteiger partial charge in [-0.05, 0) is 13.0 Å². The largest absolute Gasteiger partial charge is 0.376 e. The van der Waals surface area contributed by atoms with E-state index in [4.69, 9.17) is 4.74 Å². The number of aromatic nitrogens is 2. The van der Waals surface area contributed by atoms with Gasteiger partial charge in [-0.2, -0.15) is 5.10 Å². The number of amides is 1. The molecule has 0 saturated carbocycles. The monoisotopic (exact) mass is 321 g/mol. The summed E-state index contributed by atoms with van der Waals surface area (Å²) in [6.45, 7) is 3.56. The van der Waals surface area contributed by atoms with Gasteiger partial charge in [0, 0.05) is 42.4 Å². The summed E-state index contributed by atoms with van der Waals surface area (Å²) in [4.78, 5) is 12.4. The van der Waals surface area contributed by atoms with Crippen LogP contribution in [0.1, 0.15) is 34.2 Å². The van der Waals surface area contributed by atoms with E-state index < -0.39 is 11.6 Å². The number of carbonyl (C=O) groups excluding carboxylic acids is 1. The van der Waals surface area contributed by atoms with Gasteiger partial charge >= 0.3 is 0 Å². The molecular weight excluding hydrogens is 304 g/mol. The molecule has 0 atom stereocenters. The number of carbonyl (C=O) groups is 1. The predicted octanol–water partition coefficient (Wildman–Crippen LogP) is 2.18. The first-order valence-corrected chi connectivity index (χ1v) is 7.48. The first-order valence-electron chi connectivity index (χ1n) is 7.48. The van der Waals surface area contributed by atoms with Crippen LogP contribution in [0.4, 0.5) is 8.78 Å². The van der Waals surface area contributed by atoms with Gasteiger partial charge in [-0.25, -0.2) is 8.78 Å². The van der Waals surface area contributed by atoms with Crippen LogP contribution in [-0.4, -0.2) is 22.3 Å². The van der Waals surface area contributed by atoms with E-state index in [2.05, 4.69) is 10.4 Å². The van der Waals surface area contributed by atoms with Gasteiger partial charge < -0.3 is 10.1 Å². The van der Waals surface area contributed by atoms with Gasteiger partial charge in [-0.3, -0.25) is 9.48 Å². The summed E-state index contributed by atoms with van der Waals surface area (Å²) in [5.41, 5.74) is 2.33. The molecule has 1 aliphatic heterocycles. The average molecular weight is 321 g/mol. The van der Waals surface area contributed by atoms with Crippen molar-refractivity contribution in [3.8, 4) is 0 Å². The minimum atomic E-state index is -0.685. The summed E-state index contributed by atoms with van der Waals surface area (Å²) in [5.74, 6) is -1.72. The third kappa shape index (κ3) is 3.10. The fourth-order valence-electron chi connectivity index (χ4n) is 2.68. The predicted molar refractivity (Wildman–Crippen MR) is 78.8 cm³/mol. The van der Waals surface area contributed by atoms with Crippen molar-refractivity contribution in [1.82, 2.24) is 15.1 Å². The van der Waals surface area contributed by atoms with Gasteiger partial charge in [-0.1, -0.05) is 6.07 Å². The van der Waals surface area contributed by atoms with Crippen molar-refractivity contribution in [2.75, 3.05) is 6.61 Å². The molecule has 1 N–H and O–H groups in total. The van der Waals surface area contributed by atoms with E-state index in [0.29, 0.717) is 25.5 Å². The summed E-state index contributed by atoms with van der Waals surface area (Å²) >= 11 is 0. The summed E-state index contributed by atoms with van der Waals surface area (Å²) in [7, 11) is 0. The molecule has 23 heavy (non-hydrogen) atoms. The number of rotatable bonds is 4. The highest BCUT2D eigenvalue weighted by Gasteiger charge is 2.24. The molecule has 0 radical (unpaired) electrons. The lowest BCUT2D eigenvalue weighted by Crippen LogP contribution is -2.25. The maximum atomic E-state index is 13.6. The van der Waals surface area contributed by atoms with Crippen LogP contribution in [0.25, 0.3) is 0 Å². The molecule has 2 heterocycles. The minimum Gasteiger partial charge on any atom is -0.376 e. The van der Waals surface area contributed by atoms with Gasteiger partial charge in [0.25, 0.3) is 5.91 Å². The zero-order valence-electron chi connectivity index (χ0n) is 12.7. The molecule has 0 bridgehead atoms. The highest BCUT2D eigenvalue weighted by atomic mass is 19.1. The second-order valence-electron chi connectivity index (χ2n) is 5.31. The molecule has 0 aliphatic carbocycles. The fraction of sp³-hybridized carbons (Fsp3) is 0.375. The Labute approximate surface area is 132 Å².